The van der Waals surface area contributed by atoms with Crippen LogP contribution in [0.2, 0.25) is 0 Å². The zero-order valence-corrected chi connectivity index (χ0v) is 33.7. The second-order valence-electron chi connectivity index (χ2n) is 14.7. The molecule has 4 aliphatic rings. The molecule has 2 fully saturated rings. The van der Waals surface area contributed by atoms with Gasteiger partial charge in [-0.3, -0.25) is 14.6 Å². The fourth-order valence-electron chi connectivity index (χ4n) is 7.21. The van der Waals surface area contributed by atoms with Crippen molar-refractivity contribution in [3.63, 3.8) is 0 Å². The van der Waals surface area contributed by atoms with Crippen LogP contribution in [0.5, 0.6) is 23.0 Å². The van der Waals surface area contributed by atoms with E-state index in [2.05, 4.69) is 38.1 Å². The molecule has 0 bridgehead atoms. The topological polar surface area (TPSA) is 194 Å². The average Bonchev–Trinajstić information content (AvgIpc) is 3.90. The Balaban J connectivity index is 1.03. The Morgan fingerprint density at radius 2 is 1.66 bits per heavy atom. The van der Waals surface area contributed by atoms with Gasteiger partial charge in [-0.05, 0) is 49.6 Å². The van der Waals surface area contributed by atoms with Gasteiger partial charge in [-0.25, -0.2) is 24.6 Å². The minimum atomic E-state index is -1.49. The molecule has 4 aromatic rings. The number of rotatable bonds is 11. The normalized spacial score (nSPS) is 20.0. The second-order valence-corrected chi connectivity index (χ2v) is 17.5. The Morgan fingerprint density at radius 3 is 2.40 bits per heavy atom. The third-order valence-corrected chi connectivity index (χ3v) is 13.1. The Morgan fingerprint density at radius 1 is 0.966 bits per heavy atom. The SMILES string of the molecule is C=C1C[C@H]2C=Nc3cc(OCOc4cc5c(cc4OC)C(=O)N4CC(=C)C[C@H]4C(O)N5C(=O)OCC(C)(C)SSc4nc5ncncc5[nH]4)c(OC)cc3C(=O)N2C1. The van der Waals surface area contributed by atoms with Crippen molar-refractivity contribution in [2.75, 3.05) is 45.6 Å². The number of aliphatic imine (C=N–C) groups is 1. The fraction of sp³-hybridized carbons (Fsp3) is 0.359. The van der Waals surface area contributed by atoms with E-state index in [1.165, 1.54) is 59.2 Å². The lowest BCUT2D eigenvalue weighted by Crippen LogP contribution is -2.51. The predicted octanol–water partition coefficient (Wildman–Crippen LogP) is 5.54. The van der Waals surface area contributed by atoms with Crippen LogP contribution in [-0.2, 0) is 4.74 Å². The smallest absolute Gasteiger partial charge is 0.416 e. The lowest BCUT2D eigenvalue weighted by molar-refractivity contribution is 0.0486. The van der Waals surface area contributed by atoms with Crippen LogP contribution in [0.3, 0.4) is 0 Å². The van der Waals surface area contributed by atoms with E-state index in [0.717, 1.165) is 16.0 Å². The number of nitrogens with one attached hydrogen (secondary N) is 1. The molecular formula is C39H40N8O9S2. The van der Waals surface area contributed by atoms with Gasteiger partial charge in [0.25, 0.3) is 11.8 Å². The number of aromatic amines is 1. The maximum atomic E-state index is 14.1. The van der Waals surface area contributed by atoms with E-state index in [-0.39, 0.29) is 72.6 Å². The first-order valence-electron chi connectivity index (χ1n) is 18.2. The number of carbonyl (C=O) groups excluding carboxylic acids is 3. The molecule has 3 atom stereocenters. The van der Waals surface area contributed by atoms with Gasteiger partial charge in [0, 0.05) is 31.4 Å². The van der Waals surface area contributed by atoms with Crippen LogP contribution in [-0.4, -0.2) is 123 Å². The number of aliphatic hydroxyl groups is 1. The van der Waals surface area contributed by atoms with Gasteiger partial charge in [-0.1, -0.05) is 35.1 Å². The molecule has 0 radical (unpaired) electrons. The van der Waals surface area contributed by atoms with Gasteiger partial charge in [0.05, 0.1) is 59.7 Å². The largest absolute Gasteiger partial charge is 0.493 e. The number of amides is 3. The highest BCUT2D eigenvalue weighted by Gasteiger charge is 2.46. The number of H-pyrrole nitrogens is 1. The van der Waals surface area contributed by atoms with Crippen LogP contribution in [0.15, 0.2) is 71.2 Å². The zero-order valence-electron chi connectivity index (χ0n) is 32.1. The molecule has 2 N–H and O–H groups in total. The molecule has 6 heterocycles. The van der Waals surface area contributed by atoms with Gasteiger partial charge < -0.3 is 43.6 Å². The number of hydrogen-bond acceptors (Lipinski definition) is 15. The van der Waals surface area contributed by atoms with Crippen molar-refractivity contribution in [3.8, 4) is 23.0 Å². The first-order valence-corrected chi connectivity index (χ1v) is 20.3. The summed E-state index contributed by atoms with van der Waals surface area (Å²) < 4.78 is 28.6. The summed E-state index contributed by atoms with van der Waals surface area (Å²) in [6.45, 7) is 12.1. The highest BCUT2D eigenvalue weighted by atomic mass is 33.1. The molecule has 0 aliphatic carbocycles. The van der Waals surface area contributed by atoms with E-state index in [9.17, 15) is 19.5 Å². The van der Waals surface area contributed by atoms with Crippen molar-refractivity contribution < 1.29 is 43.2 Å². The van der Waals surface area contributed by atoms with E-state index < -0.39 is 29.0 Å². The van der Waals surface area contributed by atoms with E-state index >= 15 is 0 Å². The van der Waals surface area contributed by atoms with Crippen LogP contribution >= 0.6 is 21.6 Å². The van der Waals surface area contributed by atoms with Crippen molar-refractivity contribution in [2.24, 2.45) is 4.99 Å². The molecule has 0 spiro atoms. The standard InChI is InChI=1S/C39H40N8O9S2/c1-20-7-22-13-41-25-11-31(29(52-5)9-23(25)34(48)45(22)15-20)55-19-56-32-12-27-24(10-30(32)53-6)35(49)46-16-21(2)8-28(46)36(50)47(27)38(51)54-17-39(3,4)58-57-37-43-26-14-40-18-42-33(26)44-37/h9-14,18,22,28,36,50H,1-2,7-8,15-17,19H2,3-6H3,(H,40,42,43,44)/t22-,28-,36?/m0/s1. The summed E-state index contributed by atoms with van der Waals surface area (Å²) in [5.74, 6) is 0.217. The Labute approximate surface area is 340 Å². The van der Waals surface area contributed by atoms with Gasteiger partial charge in [-0.2, -0.15) is 0 Å². The van der Waals surface area contributed by atoms with Crippen LogP contribution in [0.25, 0.3) is 11.2 Å². The molecule has 3 amide bonds. The number of nitrogens with zero attached hydrogens (tertiary/aromatic N) is 7. The summed E-state index contributed by atoms with van der Waals surface area (Å²) in [6, 6.07) is 5.13. The molecule has 4 aliphatic heterocycles. The van der Waals surface area contributed by atoms with Crippen molar-refractivity contribution >= 4 is 68.2 Å². The highest BCUT2D eigenvalue weighted by Crippen LogP contribution is 2.44. The third-order valence-electron chi connectivity index (χ3n) is 10.0. The first kappa shape index (κ1) is 39.1. The Bertz CT molecular complexity index is 2350. The van der Waals surface area contributed by atoms with Gasteiger partial charge in [0.2, 0.25) is 6.79 Å². The third kappa shape index (κ3) is 7.40. The monoisotopic (exact) mass is 828 g/mol. The number of imidazole rings is 1. The molecular weight excluding hydrogens is 789 g/mol. The minimum absolute atomic E-state index is 0.0558. The van der Waals surface area contributed by atoms with Gasteiger partial charge in [-0.15, -0.1) is 0 Å². The fourth-order valence-corrected chi connectivity index (χ4v) is 9.19. The Hall–Kier alpha value is -5.79. The summed E-state index contributed by atoms with van der Waals surface area (Å²) in [6.07, 6.45) is 3.36. The summed E-state index contributed by atoms with van der Waals surface area (Å²) in [4.78, 5) is 66.3. The molecule has 302 valence electrons. The van der Waals surface area contributed by atoms with Gasteiger partial charge in [0.15, 0.2) is 40.0 Å². The maximum Gasteiger partial charge on any atom is 0.416 e. The van der Waals surface area contributed by atoms with Crippen molar-refractivity contribution in [3.05, 3.63) is 72.2 Å². The number of hydrogen-bond donors (Lipinski definition) is 2. The number of methoxy groups -OCH3 is 2. The molecule has 58 heavy (non-hydrogen) atoms. The number of benzene rings is 2. The van der Waals surface area contributed by atoms with E-state index in [1.54, 1.807) is 29.4 Å². The Kier molecular flexibility index (Phi) is 10.4. The molecule has 8 rings (SSSR count). The maximum absolute atomic E-state index is 14.1. The number of aromatic nitrogens is 4. The van der Waals surface area contributed by atoms with Crippen LogP contribution < -0.4 is 23.8 Å². The summed E-state index contributed by atoms with van der Waals surface area (Å²) in [5.41, 5.74) is 3.86. The van der Waals surface area contributed by atoms with Gasteiger partial charge in [0.1, 0.15) is 18.5 Å². The molecule has 2 saturated heterocycles. The first-order chi connectivity index (χ1) is 27.8. The second kappa shape index (κ2) is 15.5. The minimum Gasteiger partial charge on any atom is -0.493 e. The number of anilines is 1. The molecule has 0 saturated carbocycles. The predicted molar refractivity (Wildman–Crippen MR) is 216 cm³/mol. The van der Waals surface area contributed by atoms with Crippen molar-refractivity contribution in [2.45, 2.75) is 54.9 Å². The van der Waals surface area contributed by atoms with Crippen LogP contribution in [0.1, 0.15) is 47.4 Å². The molecule has 2 aromatic heterocycles. The number of carbonyl (C=O) groups is 3. The van der Waals surface area contributed by atoms with E-state index in [1.807, 2.05) is 13.8 Å². The zero-order chi connectivity index (χ0) is 40.9. The summed E-state index contributed by atoms with van der Waals surface area (Å²) in [7, 11) is 5.66. The van der Waals surface area contributed by atoms with Crippen LogP contribution in [0.4, 0.5) is 16.2 Å². The summed E-state index contributed by atoms with van der Waals surface area (Å²) in [5, 5.41) is 12.4. The van der Waals surface area contributed by atoms with Crippen LogP contribution in [0, 0.1) is 0 Å². The lowest BCUT2D eigenvalue weighted by Gasteiger charge is -2.32. The van der Waals surface area contributed by atoms with Gasteiger partial charge >= 0.3 is 6.09 Å². The van der Waals surface area contributed by atoms with E-state index in [0.29, 0.717) is 40.5 Å². The molecule has 2 aromatic carbocycles. The number of fused-ring (bicyclic) bond motifs is 5. The quantitative estimate of drug-likeness (QED) is 0.109. The number of aliphatic hydroxyl groups excluding tert-OH is 1. The average molecular weight is 829 g/mol. The molecule has 1 unspecified atom stereocenters. The van der Waals surface area contributed by atoms with Crippen molar-refractivity contribution in [1.29, 1.82) is 0 Å². The highest BCUT2D eigenvalue weighted by molar-refractivity contribution is 8.77. The lowest BCUT2D eigenvalue weighted by atomic mass is 10.1. The molecule has 17 nitrogen and oxygen atoms in total. The van der Waals surface area contributed by atoms with Crippen molar-refractivity contribution in [1.82, 2.24) is 29.7 Å². The van der Waals surface area contributed by atoms with E-state index in [4.69, 9.17) is 23.7 Å². The molecule has 19 heteroatoms. The number of ether oxygens (including phenoxy) is 5. The summed E-state index contributed by atoms with van der Waals surface area (Å²) >= 11 is 0.